The lowest BCUT2D eigenvalue weighted by Crippen LogP contribution is -2.47. The molecule has 0 bridgehead atoms. The van der Waals surface area contributed by atoms with Crippen LogP contribution in [0.5, 0.6) is 0 Å². The van der Waals surface area contributed by atoms with Crippen molar-refractivity contribution in [2.75, 3.05) is 0 Å². The average Bonchev–Trinajstić information content (AvgIpc) is 2.54. The summed E-state index contributed by atoms with van der Waals surface area (Å²) in [7, 11) is 0. The molecule has 120 valence electrons. The molecule has 0 aliphatic carbocycles. The highest BCUT2D eigenvalue weighted by molar-refractivity contribution is 7.80. The Kier molecular flexibility index (Phi) is 6.05. The molecule has 0 aliphatic rings. The summed E-state index contributed by atoms with van der Waals surface area (Å²) in [5.41, 5.74) is 8.13. The first-order valence-corrected chi connectivity index (χ1v) is 7.57. The molecule has 0 aromatic heterocycles. The number of benzene rings is 2. The molecule has 4 nitrogen and oxygen atoms in total. The van der Waals surface area contributed by atoms with Crippen molar-refractivity contribution in [1.82, 2.24) is 16.2 Å². The van der Waals surface area contributed by atoms with E-state index in [0.717, 1.165) is 16.7 Å². The van der Waals surface area contributed by atoms with Crippen molar-refractivity contribution in [3.63, 3.8) is 0 Å². The van der Waals surface area contributed by atoms with Crippen molar-refractivity contribution in [2.45, 2.75) is 19.9 Å². The van der Waals surface area contributed by atoms with Gasteiger partial charge in [-0.3, -0.25) is 15.6 Å². The Morgan fingerprint density at radius 3 is 2.48 bits per heavy atom. The van der Waals surface area contributed by atoms with Gasteiger partial charge in [0.15, 0.2) is 5.11 Å². The molecule has 0 fully saturated rings. The molecule has 2 aromatic rings. The SMILES string of the molecule is Cc1ccccc1CC(=O)NNC(=S)NCc1ccc(F)cc1. The fraction of sp³-hybridized carbons (Fsp3) is 0.176. The number of hydrogen-bond donors (Lipinski definition) is 3. The molecule has 0 radical (unpaired) electrons. The monoisotopic (exact) mass is 331 g/mol. The number of rotatable bonds is 4. The van der Waals surface area contributed by atoms with E-state index in [0.29, 0.717) is 11.7 Å². The molecule has 2 aromatic carbocycles. The predicted molar refractivity (Wildman–Crippen MR) is 92.0 cm³/mol. The minimum absolute atomic E-state index is 0.176. The quantitative estimate of drug-likeness (QED) is 0.595. The van der Waals surface area contributed by atoms with E-state index in [-0.39, 0.29) is 18.1 Å². The van der Waals surface area contributed by atoms with Gasteiger partial charge in [-0.1, -0.05) is 36.4 Å². The Hall–Kier alpha value is -2.47. The second-order valence-electron chi connectivity index (χ2n) is 5.09. The third-order valence-corrected chi connectivity index (χ3v) is 3.54. The molecule has 0 spiro atoms. The Balaban J connectivity index is 1.72. The zero-order chi connectivity index (χ0) is 16.7. The maximum Gasteiger partial charge on any atom is 0.242 e. The smallest absolute Gasteiger partial charge is 0.242 e. The molecule has 0 heterocycles. The van der Waals surface area contributed by atoms with Crippen LogP contribution in [-0.4, -0.2) is 11.0 Å². The zero-order valence-corrected chi connectivity index (χ0v) is 13.5. The summed E-state index contributed by atoms with van der Waals surface area (Å²) in [6.07, 6.45) is 0.278. The van der Waals surface area contributed by atoms with Gasteiger partial charge in [0.1, 0.15) is 5.82 Å². The number of halogens is 1. The number of hydrogen-bond acceptors (Lipinski definition) is 2. The standard InChI is InChI=1S/C17H18FN3OS/c1-12-4-2-3-5-14(12)10-16(22)20-21-17(23)19-11-13-6-8-15(18)9-7-13/h2-9H,10-11H2,1H3,(H,20,22)(H2,19,21,23). The van der Waals surface area contributed by atoms with E-state index in [1.807, 2.05) is 31.2 Å². The molecule has 2 rings (SSSR count). The third-order valence-electron chi connectivity index (χ3n) is 3.29. The number of hydrazine groups is 1. The van der Waals surface area contributed by atoms with Crippen molar-refractivity contribution in [2.24, 2.45) is 0 Å². The van der Waals surface area contributed by atoms with Crippen molar-refractivity contribution in [3.8, 4) is 0 Å². The molecule has 3 N–H and O–H groups in total. The maximum atomic E-state index is 12.8. The van der Waals surface area contributed by atoms with Gasteiger partial charge in [0.2, 0.25) is 5.91 Å². The van der Waals surface area contributed by atoms with Crippen LogP contribution in [0, 0.1) is 12.7 Å². The number of thiocarbonyl (C=S) groups is 1. The van der Waals surface area contributed by atoms with Crippen LogP contribution >= 0.6 is 12.2 Å². The number of aryl methyl sites for hydroxylation is 1. The van der Waals surface area contributed by atoms with E-state index in [1.165, 1.54) is 12.1 Å². The normalized spacial score (nSPS) is 10.0. The van der Waals surface area contributed by atoms with Crippen LogP contribution in [0.3, 0.4) is 0 Å². The van der Waals surface area contributed by atoms with Crippen LogP contribution in [0.25, 0.3) is 0 Å². The third kappa shape index (κ3) is 5.67. The summed E-state index contributed by atoms with van der Waals surface area (Å²) < 4.78 is 12.8. The number of carbonyl (C=O) groups excluding carboxylic acids is 1. The minimum atomic E-state index is -0.280. The molecule has 0 aliphatic heterocycles. The molecule has 0 atom stereocenters. The maximum absolute atomic E-state index is 12.8. The number of nitrogens with one attached hydrogen (secondary N) is 3. The van der Waals surface area contributed by atoms with Crippen LogP contribution in [0.15, 0.2) is 48.5 Å². The van der Waals surface area contributed by atoms with E-state index in [1.54, 1.807) is 12.1 Å². The van der Waals surface area contributed by atoms with Crippen molar-refractivity contribution in [1.29, 1.82) is 0 Å². The fourth-order valence-electron chi connectivity index (χ4n) is 1.98. The highest BCUT2D eigenvalue weighted by atomic mass is 32.1. The summed E-state index contributed by atoms with van der Waals surface area (Å²) >= 11 is 5.08. The van der Waals surface area contributed by atoms with Gasteiger partial charge in [-0.2, -0.15) is 0 Å². The van der Waals surface area contributed by atoms with Crippen molar-refractivity contribution in [3.05, 3.63) is 71.0 Å². The van der Waals surface area contributed by atoms with Gasteiger partial charge in [-0.05, 0) is 48.0 Å². The number of amides is 1. The van der Waals surface area contributed by atoms with Crippen LogP contribution in [0.1, 0.15) is 16.7 Å². The molecule has 0 saturated carbocycles. The molecule has 6 heteroatoms. The van der Waals surface area contributed by atoms with Gasteiger partial charge in [0.05, 0.1) is 6.42 Å². The number of carbonyl (C=O) groups is 1. The summed E-state index contributed by atoms with van der Waals surface area (Å²) in [5.74, 6) is -0.455. The molecular weight excluding hydrogens is 313 g/mol. The van der Waals surface area contributed by atoms with Gasteiger partial charge in [0.25, 0.3) is 0 Å². The summed E-state index contributed by atoms with van der Waals surface area (Å²) in [5, 5.41) is 3.23. The van der Waals surface area contributed by atoms with E-state index in [9.17, 15) is 9.18 Å². The molecule has 1 amide bonds. The minimum Gasteiger partial charge on any atom is -0.357 e. The Morgan fingerprint density at radius 2 is 1.78 bits per heavy atom. The first kappa shape index (κ1) is 16.9. The van der Waals surface area contributed by atoms with E-state index >= 15 is 0 Å². The van der Waals surface area contributed by atoms with Gasteiger partial charge in [-0.15, -0.1) is 0 Å². The summed E-state index contributed by atoms with van der Waals surface area (Å²) in [6.45, 7) is 2.41. The van der Waals surface area contributed by atoms with Crippen LogP contribution in [-0.2, 0) is 17.8 Å². The first-order chi connectivity index (χ1) is 11.0. The Morgan fingerprint density at radius 1 is 1.09 bits per heavy atom. The second-order valence-corrected chi connectivity index (χ2v) is 5.49. The molecular formula is C17H18FN3OS. The van der Waals surface area contributed by atoms with Gasteiger partial charge < -0.3 is 5.32 Å². The average molecular weight is 331 g/mol. The summed E-state index contributed by atoms with van der Waals surface area (Å²) in [6, 6.07) is 13.8. The van der Waals surface area contributed by atoms with E-state index in [4.69, 9.17) is 12.2 Å². The fourth-order valence-corrected chi connectivity index (χ4v) is 2.10. The van der Waals surface area contributed by atoms with Crippen molar-refractivity contribution < 1.29 is 9.18 Å². The van der Waals surface area contributed by atoms with Gasteiger partial charge in [-0.25, -0.2) is 4.39 Å². The highest BCUT2D eigenvalue weighted by Crippen LogP contribution is 2.07. The molecule has 0 saturated heterocycles. The highest BCUT2D eigenvalue weighted by Gasteiger charge is 2.05. The zero-order valence-electron chi connectivity index (χ0n) is 12.7. The Labute approximate surface area is 140 Å². The topological polar surface area (TPSA) is 53.2 Å². The lowest BCUT2D eigenvalue weighted by molar-refractivity contribution is -0.121. The second kappa shape index (κ2) is 8.24. The van der Waals surface area contributed by atoms with Gasteiger partial charge >= 0.3 is 0 Å². The van der Waals surface area contributed by atoms with Crippen LogP contribution in [0.2, 0.25) is 0 Å². The lowest BCUT2D eigenvalue weighted by Gasteiger charge is -2.12. The first-order valence-electron chi connectivity index (χ1n) is 7.16. The lowest BCUT2D eigenvalue weighted by atomic mass is 10.1. The Bertz CT molecular complexity index is 688. The molecule has 0 unspecified atom stereocenters. The van der Waals surface area contributed by atoms with Crippen molar-refractivity contribution >= 4 is 23.2 Å². The predicted octanol–water partition coefficient (Wildman–Crippen LogP) is 2.37. The van der Waals surface area contributed by atoms with E-state index in [2.05, 4.69) is 16.2 Å². The largest absolute Gasteiger partial charge is 0.357 e. The van der Waals surface area contributed by atoms with Crippen LogP contribution in [0.4, 0.5) is 4.39 Å². The van der Waals surface area contributed by atoms with E-state index < -0.39 is 0 Å². The summed E-state index contributed by atoms with van der Waals surface area (Å²) in [4.78, 5) is 11.9. The molecule has 23 heavy (non-hydrogen) atoms. The van der Waals surface area contributed by atoms with Gasteiger partial charge in [0, 0.05) is 6.54 Å². The van der Waals surface area contributed by atoms with Crippen LogP contribution < -0.4 is 16.2 Å².